The molecule has 0 N–H and O–H groups in total. The summed E-state index contributed by atoms with van der Waals surface area (Å²) in [5, 5.41) is 0.709. The third-order valence-corrected chi connectivity index (χ3v) is 5.79. The van der Waals surface area contributed by atoms with E-state index < -0.39 is 5.41 Å². The molecular weight excluding hydrogens is 296 g/mol. The van der Waals surface area contributed by atoms with Crippen molar-refractivity contribution in [1.29, 1.82) is 0 Å². The number of nitrogens with zero attached hydrogens (tertiary/aromatic N) is 2. The van der Waals surface area contributed by atoms with Crippen LogP contribution >= 0.6 is 11.6 Å². The molecule has 3 rings (SSSR count). The molecule has 1 aromatic carbocycles. The van der Waals surface area contributed by atoms with Gasteiger partial charge < -0.3 is 4.90 Å². The first-order chi connectivity index (χ1) is 10.4. The summed E-state index contributed by atoms with van der Waals surface area (Å²) < 4.78 is 0. The van der Waals surface area contributed by atoms with Crippen LogP contribution in [0.5, 0.6) is 0 Å². The van der Waals surface area contributed by atoms with Crippen LogP contribution in [-0.2, 0) is 10.2 Å². The lowest BCUT2D eigenvalue weighted by atomic mass is 9.83. The van der Waals surface area contributed by atoms with Gasteiger partial charge in [-0.05, 0) is 57.9 Å². The first-order valence-electron chi connectivity index (χ1n) is 8.17. The van der Waals surface area contributed by atoms with Gasteiger partial charge in [-0.25, -0.2) is 0 Å². The highest BCUT2D eigenvalue weighted by atomic mass is 35.5. The molecule has 2 unspecified atom stereocenters. The van der Waals surface area contributed by atoms with Gasteiger partial charge in [0.1, 0.15) is 0 Å². The maximum atomic E-state index is 13.1. The van der Waals surface area contributed by atoms with Crippen LogP contribution in [0.4, 0.5) is 0 Å². The predicted molar refractivity (Wildman–Crippen MR) is 90.2 cm³/mol. The first kappa shape index (κ1) is 15.8. The zero-order chi connectivity index (χ0) is 15.9. The molecule has 0 radical (unpaired) electrons. The molecule has 2 bridgehead atoms. The van der Waals surface area contributed by atoms with Crippen molar-refractivity contribution in [2.24, 2.45) is 0 Å². The summed E-state index contributed by atoms with van der Waals surface area (Å²) in [6.07, 6.45) is 3.59. The fraction of sp³-hybridized carbons (Fsp3) is 0.611. The highest BCUT2D eigenvalue weighted by Gasteiger charge is 2.40. The third kappa shape index (κ3) is 2.77. The largest absolute Gasteiger partial charge is 0.340 e. The maximum Gasteiger partial charge on any atom is 0.232 e. The zero-order valence-corrected chi connectivity index (χ0v) is 14.4. The quantitative estimate of drug-likeness (QED) is 0.834. The summed E-state index contributed by atoms with van der Waals surface area (Å²) in [4.78, 5) is 17.7. The van der Waals surface area contributed by atoms with Crippen LogP contribution in [0.15, 0.2) is 24.3 Å². The number of carbonyl (C=O) groups is 1. The molecule has 2 heterocycles. The molecule has 0 aromatic heterocycles. The van der Waals surface area contributed by atoms with Crippen molar-refractivity contribution in [3.8, 4) is 0 Å². The van der Waals surface area contributed by atoms with Gasteiger partial charge in [-0.1, -0.05) is 23.7 Å². The average molecular weight is 321 g/mol. The SMILES string of the molecule is CN1C2CCC1CN(C(=O)C(C)(C)c1ccc(Cl)cc1)CC2. The van der Waals surface area contributed by atoms with Crippen molar-refractivity contribution in [1.82, 2.24) is 9.80 Å². The van der Waals surface area contributed by atoms with Gasteiger partial charge in [-0.2, -0.15) is 0 Å². The minimum absolute atomic E-state index is 0.232. The van der Waals surface area contributed by atoms with Crippen molar-refractivity contribution in [3.05, 3.63) is 34.9 Å². The van der Waals surface area contributed by atoms with E-state index in [1.807, 2.05) is 38.1 Å². The van der Waals surface area contributed by atoms with E-state index in [1.165, 1.54) is 12.8 Å². The molecule has 1 amide bonds. The number of halogens is 1. The van der Waals surface area contributed by atoms with Crippen molar-refractivity contribution < 1.29 is 4.79 Å². The number of benzene rings is 1. The molecule has 1 aromatic rings. The molecule has 0 saturated carbocycles. The monoisotopic (exact) mass is 320 g/mol. The molecule has 2 atom stereocenters. The van der Waals surface area contributed by atoms with Gasteiger partial charge in [0, 0.05) is 30.2 Å². The Morgan fingerprint density at radius 3 is 2.45 bits per heavy atom. The highest BCUT2D eigenvalue weighted by molar-refractivity contribution is 6.30. The normalized spacial score (nSPS) is 26.1. The summed E-state index contributed by atoms with van der Waals surface area (Å²) in [6, 6.07) is 8.85. The molecule has 120 valence electrons. The van der Waals surface area contributed by atoms with Gasteiger partial charge in [-0.15, -0.1) is 0 Å². The van der Waals surface area contributed by atoms with E-state index in [9.17, 15) is 4.79 Å². The molecular formula is C18H25ClN2O. The molecule has 0 aliphatic carbocycles. The fourth-order valence-corrected chi connectivity index (χ4v) is 4.00. The number of hydrogen-bond acceptors (Lipinski definition) is 2. The minimum Gasteiger partial charge on any atom is -0.340 e. The summed E-state index contributed by atoms with van der Waals surface area (Å²) in [6.45, 7) is 5.78. The van der Waals surface area contributed by atoms with E-state index >= 15 is 0 Å². The van der Waals surface area contributed by atoms with Gasteiger partial charge in [0.05, 0.1) is 5.41 Å². The number of hydrogen-bond donors (Lipinski definition) is 0. The Kier molecular flexibility index (Phi) is 4.21. The second-order valence-electron chi connectivity index (χ2n) is 7.22. The van der Waals surface area contributed by atoms with Crippen LogP contribution in [0, 0.1) is 0 Å². The molecule has 0 spiro atoms. The topological polar surface area (TPSA) is 23.6 Å². The molecule has 3 nitrogen and oxygen atoms in total. The van der Waals surface area contributed by atoms with Crippen molar-refractivity contribution in [2.45, 2.75) is 50.6 Å². The molecule has 4 heteroatoms. The van der Waals surface area contributed by atoms with Gasteiger partial charge in [0.2, 0.25) is 5.91 Å². The van der Waals surface area contributed by atoms with Crippen LogP contribution in [0.25, 0.3) is 0 Å². The predicted octanol–water partition coefficient (Wildman–Crippen LogP) is 3.31. The summed E-state index contributed by atoms with van der Waals surface area (Å²) >= 11 is 5.97. The van der Waals surface area contributed by atoms with E-state index in [1.54, 1.807) is 0 Å². The average Bonchev–Trinajstić information content (AvgIpc) is 2.72. The number of likely N-dealkylation sites (tertiary alicyclic amines) is 1. The van der Waals surface area contributed by atoms with Crippen LogP contribution in [0.3, 0.4) is 0 Å². The Morgan fingerprint density at radius 1 is 1.14 bits per heavy atom. The van der Waals surface area contributed by atoms with Gasteiger partial charge in [-0.3, -0.25) is 9.69 Å². The van der Waals surface area contributed by atoms with E-state index in [4.69, 9.17) is 11.6 Å². The standard InChI is InChI=1S/C18H25ClN2O/c1-18(2,13-4-6-14(19)7-5-13)17(22)21-11-10-15-8-9-16(12-21)20(15)3/h4-7,15-16H,8-12H2,1-3H3. The first-order valence-corrected chi connectivity index (χ1v) is 8.55. The molecule has 22 heavy (non-hydrogen) atoms. The summed E-state index contributed by atoms with van der Waals surface area (Å²) in [5.74, 6) is 0.232. The van der Waals surface area contributed by atoms with Crippen LogP contribution in [0.2, 0.25) is 5.02 Å². The fourth-order valence-electron chi connectivity index (χ4n) is 3.88. The van der Waals surface area contributed by atoms with Crippen LogP contribution in [0.1, 0.15) is 38.7 Å². The Labute approximate surface area is 138 Å². The summed E-state index contributed by atoms with van der Waals surface area (Å²) in [5.41, 5.74) is 0.525. The Morgan fingerprint density at radius 2 is 1.77 bits per heavy atom. The lowest BCUT2D eigenvalue weighted by molar-refractivity contribution is -0.136. The van der Waals surface area contributed by atoms with Gasteiger partial charge in [0.15, 0.2) is 0 Å². The second-order valence-corrected chi connectivity index (χ2v) is 7.66. The minimum atomic E-state index is -0.507. The molecule has 2 fully saturated rings. The van der Waals surface area contributed by atoms with Crippen molar-refractivity contribution >= 4 is 17.5 Å². The van der Waals surface area contributed by atoms with Crippen LogP contribution in [-0.4, -0.2) is 47.9 Å². The number of fused-ring (bicyclic) bond motifs is 2. The number of likely N-dealkylation sites (N-methyl/N-ethyl adjacent to an activating group) is 1. The second kappa shape index (κ2) is 5.86. The summed E-state index contributed by atoms with van der Waals surface area (Å²) in [7, 11) is 2.21. The van der Waals surface area contributed by atoms with E-state index in [2.05, 4.69) is 16.8 Å². The van der Waals surface area contributed by atoms with Crippen LogP contribution < -0.4 is 0 Å². The lowest BCUT2D eigenvalue weighted by Gasteiger charge is -2.33. The molecule has 2 aliphatic rings. The number of rotatable bonds is 2. The third-order valence-electron chi connectivity index (χ3n) is 5.54. The van der Waals surface area contributed by atoms with Gasteiger partial charge in [0.25, 0.3) is 0 Å². The van der Waals surface area contributed by atoms with E-state index in [-0.39, 0.29) is 5.91 Å². The highest BCUT2D eigenvalue weighted by Crippen LogP contribution is 2.32. The smallest absolute Gasteiger partial charge is 0.232 e. The Hall–Kier alpha value is -1.06. The molecule has 2 aliphatic heterocycles. The van der Waals surface area contributed by atoms with E-state index in [0.717, 1.165) is 25.1 Å². The van der Waals surface area contributed by atoms with Gasteiger partial charge >= 0.3 is 0 Å². The number of carbonyl (C=O) groups excluding carboxylic acids is 1. The van der Waals surface area contributed by atoms with Crippen molar-refractivity contribution in [3.63, 3.8) is 0 Å². The lowest BCUT2D eigenvalue weighted by Crippen LogP contribution is -2.47. The van der Waals surface area contributed by atoms with Crippen molar-refractivity contribution in [2.75, 3.05) is 20.1 Å². The zero-order valence-electron chi connectivity index (χ0n) is 13.7. The maximum absolute atomic E-state index is 13.1. The van der Waals surface area contributed by atoms with E-state index in [0.29, 0.717) is 17.1 Å². The molecule has 2 saturated heterocycles. The Bertz CT molecular complexity index is 555. The Balaban J connectivity index is 1.79. The number of amides is 1.